The molecule has 2 rings (SSSR count). The molecule has 0 radical (unpaired) electrons. The second kappa shape index (κ2) is 5.87. The highest BCUT2D eigenvalue weighted by atomic mass is 19.4. The molecule has 7 heteroatoms. The van der Waals surface area contributed by atoms with Crippen LogP contribution in [0.2, 0.25) is 0 Å². The van der Waals surface area contributed by atoms with Gasteiger partial charge in [-0.25, -0.2) is 0 Å². The minimum atomic E-state index is -4.37. The molecule has 1 atom stereocenters. The molecule has 2 N–H and O–H groups in total. The standard InChI is InChI=1S/C13H18F3N3O/c1-17-11-4-2-3-9-5-19(6-10(9)11)7-12(20)18-8-13(14,15)16/h5-6,11,17H,2-4,7-8H2,1H3,(H,18,20). The van der Waals surface area contributed by atoms with Crippen molar-refractivity contribution in [2.45, 2.75) is 38.0 Å². The molecule has 0 spiro atoms. The number of rotatable bonds is 4. The minimum Gasteiger partial charge on any atom is -0.345 e. The van der Waals surface area contributed by atoms with Crippen molar-refractivity contribution in [2.24, 2.45) is 0 Å². The lowest BCUT2D eigenvalue weighted by Gasteiger charge is -2.21. The summed E-state index contributed by atoms with van der Waals surface area (Å²) in [5.41, 5.74) is 2.31. The highest BCUT2D eigenvalue weighted by Gasteiger charge is 2.28. The van der Waals surface area contributed by atoms with Crippen molar-refractivity contribution in [1.82, 2.24) is 15.2 Å². The Labute approximate surface area is 115 Å². The van der Waals surface area contributed by atoms with Crippen molar-refractivity contribution in [3.05, 3.63) is 23.5 Å². The second-order valence-electron chi connectivity index (χ2n) is 5.04. The zero-order valence-corrected chi connectivity index (χ0v) is 11.3. The lowest BCUT2D eigenvalue weighted by molar-refractivity contribution is -0.138. The number of nitrogens with zero attached hydrogens (tertiary/aromatic N) is 1. The third-order valence-corrected chi connectivity index (χ3v) is 3.47. The molecule has 112 valence electrons. The van der Waals surface area contributed by atoms with Gasteiger partial charge in [0.1, 0.15) is 13.1 Å². The number of carbonyl (C=O) groups excluding carboxylic acids is 1. The second-order valence-corrected chi connectivity index (χ2v) is 5.04. The summed E-state index contributed by atoms with van der Waals surface area (Å²) < 4.78 is 37.7. The number of hydrogen-bond donors (Lipinski definition) is 2. The zero-order valence-electron chi connectivity index (χ0n) is 11.3. The van der Waals surface area contributed by atoms with Crippen LogP contribution in [0.4, 0.5) is 13.2 Å². The summed E-state index contributed by atoms with van der Waals surface area (Å²) in [4.78, 5) is 11.5. The van der Waals surface area contributed by atoms with Crippen molar-refractivity contribution < 1.29 is 18.0 Å². The van der Waals surface area contributed by atoms with Gasteiger partial charge in [0.2, 0.25) is 5.91 Å². The Morgan fingerprint density at radius 2 is 2.20 bits per heavy atom. The summed E-state index contributed by atoms with van der Waals surface area (Å²) in [5, 5.41) is 5.09. The molecule has 20 heavy (non-hydrogen) atoms. The SMILES string of the molecule is CNC1CCCc2cn(CC(=O)NCC(F)(F)F)cc21. The molecule has 0 fully saturated rings. The first-order chi connectivity index (χ1) is 9.39. The van der Waals surface area contributed by atoms with Crippen LogP contribution in [0.5, 0.6) is 0 Å². The molecule has 1 unspecified atom stereocenters. The van der Waals surface area contributed by atoms with Crippen LogP contribution in [0, 0.1) is 0 Å². The monoisotopic (exact) mass is 289 g/mol. The molecule has 1 aliphatic rings. The molecule has 0 aliphatic heterocycles. The van der Waals surface area contributed by atoms with E-state index in [1.165, 1.54) is 5.56 Å². The number of amides is 1. The van der Waals surface area contributed by atoms with Gasteiger partial charge in [0.05, 0.1) is 0 Å². The number of fused-ring (bicyclic) bond motifs is 1. The third kappa shape index (κ3) is 3.75. The fourth-order valence-electron chi connectivity index (χ4n) is 2.56. The molecule has 1 heterocycles. The fourth-order valence-corrected chi connectivity index (χ4v) is 2.56. The van der Waals surface area contributed by atoms with Crippen LogP contribution in [-0.4, -0.2) is 30.2 Å². The van der Waals surface area contributed by atoms with Gasteiger partial charge in [0.25, 0.3) is 0 Å². The Bertz CT molecular complexity index is 482. The number of aryl methyl sites for hydroxylation is 1. The highest BCUT2D eigenvalue weighted by Crippen LogP contribution is 2.30. The Hall–Kier alpha value is -1.50. The van der Waals surface area contributed by atoms with Crippen molar-refractivity contribution in [2.75, 3.05) is 13.6 Å². The lowest BCUT2D eigenvalue weighted by Crippen LogP contribution is -2.35. The van der Waals surface area contributed by atoms with E-state index in [1.807, 2.05) is 24.8 Å². The number of halogens is 3. The van der Waals surface area contributed by atoms with E-state index in [-0.39, 0.29) is 12.6 Å². The molecular formula is C13H18F3N3O. The number of carbonyl (C=O) groups is 1. The molecule has 1 aliphatic carbocycles. The van der Waals surface area contributed by atoms with Crippen LogP contribution in [0.15, 0.2) is 12.4 Å². The van der Waals surface area contributed by atoms with E-state index < -0.39 is 18.6 Å². The van der Waals surface area contributed by atoms with E-state index in [9.17, 15) is 18.0 Å². The number of hydrogen-bond acceptors (Lipinski definition) is 2. The van der Waals surface area contributed by atoms with E-state index in [2.05, 4.69) is 5.32 Å². The molecule has 0 bridgehead atoms. The van der Waals surface area contributed by atoms with Gasteiger partial charge < -0.3 is 15.2 Å². The molecular weight excluding hydrogens is 271 g/mol. The number of alkyl halides is 3. The molecule has 1 aromatic rings. The summed E-state index contributed by atoms with van der Waals surface area (Å²) in [5.74, 6) is -0.629. The molecule has 0 saturated heterocycles. The predicted octanol–water partition coefficient (Wildman–Crippen LogP) is 1.76. The van der Waals surface area contributed by atoms with E-state index in [4.69, 9.17) is 0 Å². The van der Waals surface area contributed by atoms with Crippen molar-refractivity contribution >= 4 is 5.91 Å². The van der Waals surface area contributed by atoms with Gasteiger partial charge in [-0.1, -0.05) is 0 Å². The van der Waals surface area contributed by atoms with Crippen molar-refractivity contribution in [1.29, 1.82) is 0 Å². The normalized spacial score (nSPS) is 18.7. The summed E-state index contributed by atoms with van der Waals surface area (Å²) >= 11 is 0. The van der Waals surface area contributed by atoms with Gasteiger partial charge in [-0.05, 0) is 37.4 Å². The summed E-state index contributed by atoms with van der Waals surface area (Å²) in [7, 11) is 1.88. The maximum Gasteiger partial charge on any atom is 0.405 e. The summed E-state index contributed by atoms with van der Waals surface area (Å²) in [6.07, 6.45) is 2.39. The van der Waals surface area contributed by atoms with Gasteiger partial charge in [-0.15, -0.1) is 0 Å². The van der Waals surface area contributed by atoms with Crippen molar-refractivity contribution in [3.63, 3.8) is 0 Å². The van der Waals surface area contributed by atoms with E-state index in [0.29, 0.717) is 0 Å². The van der Waals surface area contributed by atoms with Gasteiger partial charge in [0.15, 0.2) is 0 Å². The number of aromatic nitrogens is 1. The first-order valence-electron chi connectivity index (χ1n) is 6.58. The van der Waals surface area contributed by atoms with E-state index in [1.54, 1.807) is 4.57 Å². The van der Waals surface area contributed by atoms with Crippen LogP contribution in [0.1, 0.15) is 30.0 Å². The Kier molecular flexibility index (Phi) is 4.37. The summed E-state index contributed by atoms with van der Waals surface area (Å²) in [6.45, 7) is -1.37. The molecule has 1 amide bonds. The van der Waals surface area contributed by atoms with E-state index >= 15 is 0 Å². The van der Waals surface area contributed by atoms with Crippen LogP contribution in [0.25, 0.3) is 0 Å². The van der Waals surface area contributed by atoms with Crippen molar-refractivity contribution in [3.8, 4) is 0 Å². The molecule has 0 saturated carbocycles. The Morgan fingerprint density at radius 3 is 2.85 bits per heavy atom. The quantitative estimate of drug-likeness (QED) is 0.887. The predicted molar refractivity (Wildman–Crippen MR) is 68.2 cm³/mol. The molecule has 0 aromatic carbocycles. The average Bonchev–Trinajstić information content (AvgIpc) is 2.77. The topological polar surface area (TPSA) is 46.1 Å². The van der Waals surface area contributed by atoms with Crippen LogP contribution < -0.4 is 10.6 Å². The van der Waals surface area contributed by atoms with Gasteiger partial charge in [-0.3, -0.25) is 4.79 Å². The number of nitrogens with one attached hydrogen (secondary N) is 2. The van der Waals surface area contributed by atoms with Crippen LogP contribution >= 0.6 is 0 Å². The summed E-state index contributed by atoms with van der Waals surface area (Å²) in [6, 6.07) is 0.262. The van der Waals surface area contributed by atoms with Gasteiger partial charge >= 0.3 is 6.18 Å². The van der Waals surface area contributed by atoms with Gasteiger partial charge in [-0.2, -0.15) is 13.2 Å². The maximum atomic E-state index is 12.0. The Morgan fingerprint density at radius 1 is 1.45 bits per heavy atom. The Balaban J connectivity index is 1.97. The maximum absolute atomic E-state index is 12.0. The fraction of sp³-hybridized carbons (Fsp3) is 0.615. The first kappa shape index (κ1) is 14.9. The highest BCUT2D eigenvalue weighted by molar-refractivity contribution is 5.75. The van der Waals surface area contributed by atoms with Crippen LogP contribution in [0.3, 0.4) is 0 Å². The first-order valence-corrected chi connectivity index (χ1v) is 6.58. The molecule has 4 nitrogen and oxygen atoms in total. The smallest absolute Gasteiger partial charge is 0.345 e. The van der Waals surface area contributed by atoms with Crippen LogP contribution in [-0.2, 0) is 17.8 Å². The van der Waals surface area contributed by atoms with E-state index in [0.717, 1.165) is 24.8 Å². The largest absolute Gasteiger partial charge is 0.405 e. The van der Waals surface area contributed by atoms with Gasteiger partial charge in [0, 0.05) is 18.4 Å². The lowest BCUT2D eigenvalue weighted by atomic mass is 9.91. The third-order valence-electron chi connectivity index (χ3n) is 3.47. The zero-order chi connectivity index (χ0) is 14.8. The molecule has 1 aromatic heterocycles. The average molecular weight is 289 g/mol. The minimum absolute atomic E-state index is 0.0838.